The lowest BCUT2D eigenvalue weighted by Gasteiger charge is -2.29. The van der Waals surface area contributed by atoms with E-state index in [2.05, 4.69) is 46.6 Å². The van der Waals surface area contributed by atoms with Crippen molar-refractivity contribution in [3.8, 4) is 0 Å². The number of piperidine rings is 1. The molecule has 0 amide bonds. The van der Waals surface area contributed by atoms with Crippen LogP contribution in [0.15, 0.2) is 35.3 Å². The van der Waals surface area contributed by atoms with Crippen LogP contribution in [-0.4, -0.2) is 62.3 Å². The molecule has 1 aromatic rings. The monoisotopic (exact) mass is 474 g/mol. The lowest BCUT2D eigenvalue weighted by Crippen LogP contribution is -2.39. The van der Waals surface area contributed by atoms with Crippen LogP contribution in [0.3, 0.4) is 0 Å². The molecule has 1 atom stereocenters. The van der Waals surface area contributed by atoms with E-state index < -0.39 is 0 Å². The van der Waals surface area contributed by atoms with E-state index in [-0.39, 0.29) is 36.5 Å². The van der Waals surface area contributed by atoms with Gasteiger partial charge in [0.1, 0.15) is 0 Å². The number of nitrogens with zero attached hydrogens (tertiary/aromatic N) is 2. The second-order valence-electron chi connectivity index (χ2n) is 6.97. The van der Waals surface area contributed by atoms with Gasteiger partial charge in [0.2, 0.25) is 0 Å². The first-order valence-corrected chi connectivity index (χ1v) is 9.59. The normalized spacial score (nSPS) is 17.4. The fraction of sp³-hybridized carbons (Fsp3) is 0.650. The zero-order valence-electron chi connectivity index (χ0n) is 16.2. The molecule has 0 radical (unpaired) electrons. The van der Waals surface area contributed by atoms with E-state index >= 15 is 0 Å². The summed E-state index contributed by atoms with van der Waals surface area (Å²) in [4.78, 5) is 7.09. The predicted molar refractivity (Wildman–Crippen MR) is 121 cm³/mol. The van der Waals surface area contributed by atoms with Gasteiger partial charge in [-0.15, -0.1) is 24.0 Å². The van der Waals surface area contributed by atoms with E-state index in [0.29, 0.717) is 6.54 Å². The second-order valence-corrected chi connectivity index (χ2v) is 6.97. The molecule has 0 aromatic heterocycles. The van der Waals surface area contributed by atoms with Crippen LogP contribution in [0, 0.1) is 5.92 Å². The number of hydrogen-bond donors (Lipinski definition) is 3. The minimum atomic E-state index is 0. The highest BCUT2D eigenvalue weighted by Crippen LogP contribution is 2.18. The quantitative estimate of drug-likeness (QED) is 0.308. The highest BCUT2D eigenvalue weighted by molar-refractivity contribution is 14.0. The predicted octanol–water partition coefficient (Wildman–Crippen LogP) is 2.67. The molecule has 1 heterocycles. The van der Waals surface area contributed by atoms with Crippen LogP contribution in [0.5, 0.6) is 0 Å². The van der Waals surface area contributed by atoms with Gasteiger partial charge >= 0.3 is 0 Å². The van der Waals surface area contributed by atoms with Crippen molar-refractivity contribution in [3.05, 3.63) is 35.9 Å². The molecule has 0 aliphatic carbocycles. The Hall–Kier alpha value is -0.860. The van der Waals surface area contributed by atoms with E-state index in [1.165, 1.54) is 32.4 Å². The summed E-state index contributed by atoms with van der Waals surface area (Å²) in [5.74, 6) is 1.72. The molecule has 5 nitrogen and oxygen atoms in total. The first kappa shape index (κ1) is 23.2. The van der Waals surface area contributed by atoms with E-state index in [0.717, 1.165) is 30.5 Å². The van der Waals surface area contributed by atoms with Crippen LogP contribution in [-0.2, 0) is 0 Å². The number of likely N-dealkylation sites (tertiary alicyclic amines) is 1. The number of halogens is 1. The summed E-state index contributed by atoms with van der Waals surface area (Å²) in [6.07, 6.45) is 3.79. The van der Waals surface area contributed by atoms with Crippen molar-refractivity contribution in [3.63, 3.8) is 0 Å². The van der Waals surface area contributed by atoms with Crippen molar-refractivity contribution >= 4 is 29.9 Å². The molecule has 1 aliphatic rings. The molecule has 0 spiro atoms. The zero-order valence-corrected chi connectivity index (χ0v) is 18.5. The number of aliphatic imine (C=N–C) groups is 1. The van der Waals surface area contributed by atoms with Gasteiger partial charge in [-0.1, -0.05) is 30.3 Å². The third-order valence-electron chi connectivity index (χ3n) is 4.99. The average Bonchev–Trinajstić information content (AvgIpc) is 2.64. The Labute approximate surface area is 175 Å². The van der Waals surface area contributed by atoms with Crippen LogP contribution < -0.4 is 10.6 Å². The molecule has 1 aromatic carbocycles. The van der Waals surface area contributed by atoms with Crippen molar-refractivity contribution in [1.82, 2.24) is 15.5 Å². The number of guanidine groups is 1. The summed E-state index contributed by atoms with van der Waals surface area (Å²) in [6, 6.07) is 10.1. The Morgan fingerprint density at radius 2 is 1.92 bits per heavy atom. The molecule has 148 valence electrons. The maximum atomic E-state index is 9.68. The first-order chi connectivity index (χ1) is 12.2. The summed E-state index contributed by atoms with van der Waals surface area (Å²) >= 11 is 0. The fourth-order valence-electron chi connectivity index (χ4n) is 3.28. The van der Waals surface area contributed by atoms with Gasteiger partial charge in [0.25, 0.3) is 0 Å². The topological polar surface area (TPSA) is 59.9 Å². The maximum absolute atomic E-state index is 9.68. The van der Waals surface area contributed by atoms with Crippen LogP contribution in [0.1, 0.15) is 37.7 Å². The minimum absolute atomic E-state index is 0. The van der Waals surface area contributed by atoms with E-state index in [4.69, 9.17) is 0 Å². The van der Waals surface area contributed by atoms with E-state index in [1.54, 1.807) is 0 Å². The average molecular weight is 474 g/mol. The number of benzene rings is 1. The fourth-order valence-corrected chi connectivity index (χ4v) is 3.28. The molecule has 1 aliphatic heterocycles. The Morgan fingerprint density at radius 3 is 2.54 bits per heavy atom. The Kier molecular flexibility index (Phi) is 11.9. The molecule has 3 N–H and O–H groups in total. The first-order valence-electron chi connectivity index (χ1n) is 9.59. The summed E-state index contributed by atoms with van der Waals surface area (Å²) in [6.45, 7) is 7.01. The van der Waals surface area contributed by atoms with Crippen molar-refractivity contribution in [1.29, 1.82) is 0 Å². The largest absolute Gasteiger partial charge is 0.396 e. The molecule has 1 unspecified atom stereocenters. The highest BCUT2D eigenvalue weighted by atomic mass is 127. The Morgan fingerprint density at radius 1 is 1.23 bits per heavy atom. The van der Waals surface area contributed by atoms with Gasteiger partial charge in [0, 0.05) is 19.0 Å². The minimum Gasteiger partial charge on any atom is -0.396 e. The molecule has 1 saturated heterocycles. The standard InChI is InChI=1S/C20H34N4O.HI/c1-3-21-20(22-12-9-17-10-13-24(2)14-11-17)23-15-19(16-25)18-7-5-4-6-8-18;/h4-8,17,19,25H,3,9-16H2,1-2H3,(H2,21,22,23);1H. The molecule has 26 heavy (non-hydrogen) atoms. The smallest absolute Gasteiger partial charge is 0.191 e. The van der Waals surface area contributed by atoms with Crippen LogP contribution >= 0.6 is 24.0 Å². The lowest BCUT2D eigenvalue weighted by molar-refractivity contribution is 0.213. The van der Waals surface area contributed by atoms with Crippen LogP contribution in [0.2, 0.25) is 0 Å². The number of aliphatic hydroxyl groups excluding tert-OH is 1. The van der Waals surface area contributed by atoms with Gasteiger partial charge in [-0.25, -0.2) is 0 Å². The molecule has 0 bridgehead atoms. The van der Waals surface area contributed by atoms with Gasteiger partial charge in [-0.05, 0) is 57.8 Å². The van der Waals surface area contributed by atoms with E-state index in [9.17, 15) is 5.11 Å². The molecule has 0 saturated carbocycles. The molecular formula is C20H35IN4O. The van der Waals surface area contributed by atoms with Gasteiger partial charge in [-0.2, -0.15) is 0 Å². The summed E-state index contributed by atoms with van der Waals surface area (Å²) in [7, 11) is 2.20. The van der Waals surface area contributed by atoms with Crippen LogP contribution in [0.25, 0.3) is 0 Å². The molecular weight excluding hydrogens is 439 g/mol. The molecule has 1 fully saturated rings. The van der Waals surface area contributed by atoms with Crippen molar-refractivity contribution in [2.24, 2.45) is 10.9 Å². The second kappa shape index (κ2) is 13.3. The van der Waals surface area contributed by atoms with Crippen molar-refractivity contribution in [2.45, 2.75) is 32.1 Å². The van der Waals surface area contributed by atoms with E-state index in [1.807, 2.05) is 18.2 Å². The SMILES string of the molecule is CCNC(=NCC(CO)c1ccccc1)NCCC1CCN(C)CC1.I. The maximum Gasteiger partial charge on any atom is 0.191 e. The van der Waals surface area contributed by atoms with Gasteiger partial charge < -0.3 is 20.6 Å². The summed E-state index contributed by atoms with van der Waals surface area (Å²) in [5, 5.41) is 16.4. The van der Waals surface area contributed by atoms with Gasteiger partial charge in [0.15, 0.2) is 5.96 Å². The molecule has 6 heteroatoms. The lowest BCUT2D eigenvalue weighted by atomic mass is 9.94. The van der Waals surface area contributed by atoms with Crippen molar-refractivity contribution < 1.29 is 5.11 Å². The van der Waals surface area contributed by atoms with Crippen molar-refractivity contribution in [2.75, 3.05) is 46.4 Å². The number of rotatable bonds is 8. The Bertz CT molecular complexity index is 504. The van der Waals surface area contributed by atoms with Gasteiger partial charge in [0.05, 0.1) is 13.2 Å². The summed E-state index contributed by atoms with van der Waals surface area (Å²) in [5.41, 5.74) is 1.14. The zero-order chi connectivity index (χ0) is 17.9. The molecule has 2 rings (SSSR count). The third kappa shape index (κ3) is 8.22. The van der Waals surface area contributed by atoms with Crippen LogP contribution in [0.4, 0.5) is 0 Å². The third-order valence-corrected chi connectivity index (χ3v) is 4.99. The number of hydrogen-bond acceptors (Lipinski definition) is 3. The highest BCUT2D eigenvalue weighted by Gasteiger charge is 2.16. The Balaban J connectivity index is 0.00000338. The number of aliphatic hydroxyl groups is 1. The number of nitrogens with one attached hydrogen (secondary N) is 2. The van der Waals surface area contributed by atoms with Gasteiger partial charge in [-0.3, -0.25) is 4.99 Å². The summed E-state index contributed by atoms with van der Waals surface area (Å²) < 4.78 is 0.